The van der Waals surface area contributed by atoms with Gasteiger partial charge in [0.1, 0.15) is 0 Å². The van der Waals surface area contributed by atoms with Gasteiger partial charge in [0, 0.05) is 11.6 Å². The molecule has 0 radical (unpaired) electrons. The lowest BCUT2D eigenvalue weighted by Gasteiger charge is -2.15. The van der Waals surface area contributed by atoms with Crippen molar-refractivity contribution in [1.29, 1.82) is 0 Å². The molecule has 3 rings (SSSR count). The van der Waals surface area contributed by atoms with Crippen LogP contribution in [-0.2, 0) is 4.79 Å². The van der Waals surface area contributed by atoms with Crippen LogP contribution in [0.2, 0.25) is 0 Å². The summed E-state index contributed by atoms with van der Waals surface area (Å²) in [6.07, 6.45) is 0. The van der Waals surface area contributed by atoms with Crippen molar-refractivity contribution in [1.82, 2.24) is 0 Å². The largest absolute Gasteiger partial charge is 0.326 e. The van der Waals surface area contributed by atoms with Crippen LogP contribution in [0.3, 0.4) is 0 Å². The van der Waals surface area contributed by atoms with Crippen LogP contribution in [0.5, 0.6) is 0 Å². The van der Waals surface area contributed by atoms with Crippen molar-refractivity contribution >= 4 is 29.1 Å². The average molecular weight is 308 g/mol. The van der Waals surface area contributed by atoms with E-state index in [1.807, 2.05) is 13.8 Å². The van der Waals surface area contributed by atoms with Crippen molar-refractivity contribution in [3.05, 3.63) is 59.7 Å². The van der Waals surface area contributed by atoms with Gasteiger partial charge in [-0.1, -0.05) is 26.0 Å². The molecule has 0 aliphatic carbocycles. The summed E-state index contributed by atoms with van der Waals surface area (Å²) < 4.78 is 0. The molecule has 2 aromatic rings. The van der Waals surface area contributed by atoms with E-state index in [1.54, 1.807) is 48.5 Å². The Kier molecular flexibility index (Phi) is 3.70. The molecule has 5 heteroatoms. The molecule has 0 spiro atoms. The summed E-state index contributed by atoms with van der Waals surface area (Å²) in [4.78, 5) is 37.6. The molecule has 23 heavy (non-hydrogen) atoms. The number of hydrogen-bond donors (Lipinski definition) is 1. The fourth-order valence-corrected chi connectivity index (χ4v) is 2.40. The first kappa shape index (κ1) is 15.0. The summed E-state index contributed by atoms with van der Waals surface area (Å²) in [6.45, 7) is 3.62. The normalized spacial score (nSPS) is 13.4. The molecule has 3 amide bonds. The maximum Gasteiger partial charge on any atom is 0.266 e. The number of benzene rings is 2. The van der Waals surface area contributed by atoms with E-state index in [0.717, 1.165) is 4.90 Å². The van der Waals surface area contributed by atoms with Gasteiger partial charge in [0.15, 0.2) is 0 Å². The van der Waals surface area contributed by atoms with Crippen molar-refractivity contribution in [2.45, 2.75) is 13.8 Å². The monoisotopic (exact) mass is 308 g/mol. The van der Waals surface area contributed by atoms with E-state index in [4.69, 9.17) is 0 Å². The van der Waals surface area contributed by atoms with Gasteiger partial charge in [-0.2, -0.15) is 0 Å². The second-order valence-corrected chi connectivity index (χ2v) is 5.68. The van der Waals surface area contributed by atoms with Gasteiger partial charge in [0.2, 0.25) is 5.91 Å². The third-order valence-electron chi connectivity index (χ3n) is 3.71. The number of nitrogens with one attached hydrogen (secondary N) is 1. The Morgan fingerprint density at radius 1 is 0.913 bits per heavy atom. The van der Waals surface area contributed by atoms with E-state index in [0.29, 0.717) is 22.5 Å². The summed E-state index contributed by atoms with van der Waals surface area (Å²) in [5.41, 5.74) is 1.94. The second-order valence-electron chi connectivity index (χ2n) is 5.68. The highest BCUT2D eigenvalue weighted by Crippen LogP contribution is 2.29. The molecular formula is C18H16N2O3. The first-order valence-electron chi connectivity index (χ1n) is 7.38. The third-order valence-corrected chi connectivity index (χ3v) is 3.71. The number of nitrogens with zero attached hydrogens (tertiary/aromatic N) is 1. The number of fused-ring (bicyclic) bond motifs is 1. The minimum atomic E-state index is -0.329. The maximum atomic E-state index is 12.4. The van der Waals surface area contributed by atoms with Crippen LogP contribution in [0.4, 0.5) is 11.4 Å². The summed E-state index contributed by atoms with van der Waals surface area (Å²) in [5.74, 6) is -0.862. The number of rotatable bonds is 3. The Bertz CT molecular complexity index is 759. The highest BCUT2D eigenvalue weighted by atomic mass is 16.2. The lowest BCUT2D eigenvalue weighted by molar-refractivity contribution is -0.118. The minimum absolute atomic E-state index is 0.0847. The van der Waals surface area contributed by atoms with E-state index in [-0.39, 0.29) is 23.6 Å². The number of carbonyl (C=O) groups excluding carboxylic acids is 3. The lowest BCUT2D eigenvalue weighted by atomic mass is 10.1. The van der Waals surface area contributed by atoms with Crippen LogP contribution in [0, 0.1) is 5.92 Å². The second kappa shape index (κ2) is 5.68. The van der Waals surface area contributed by atoms with Crippen LogP contribution in [0.15, 0.2) is 48.5 Å². The molecule has 0 bridgehead atoms. The highest BCUT2D eigenvalue weighted by Gasteiger charge is 2.36. The van der Waals surface area contributed by atoms with E-state index >= 15 is 0 Å². The Labute approximate surface area is 133 Å². The molecule has 0 aromatic heterocycles. The molecule has 0 saturated heterocycles. The van der Waals surface area contributed by atoms with Crippen LogP contribution in [0.1, 0.15) is 34.6 Å². The zero-order valence-electron chi connectivity index (χ0n) is 12.9. The van der Waals surface area contributed by atoms with E-state index in [1.165, 1.54) is 0 Å². The number of amides is 3. The van der Waals surface area contributed by atoms with Crippen molar-refractivity contribution in [2.24, 2.45) is 5.92 Å². The summed E-state index contributed by atoms with van der Waals surface area (Å²) in [5, 5.41) is 2.77. The molecule has 0 fully saturated rings. The summed E-state index contributed by atoms with van der Waals surface area (Å²) in [7, 11) is 0. The Morgan fingerprint density at radius 2 is 1.43 bits per heavy atom. The number of hydrogen-bond acceptors (Lipinski definition) is 3. The van der Waals surface area contributed by atoms with Crippen LogP contribution >= 0.6 is 0 Å². The van der Waals surface area contributed by atoms with Crippen molar-refractivity contribution in [3.8, 4) is 0 Å². The fraction of sp³-hybridized carbons (Fsp3) is 0.167. The SMILES string of the molecule is CC(C)C(=O)Nc1ccc(N2C(=O)c3ccccc3C2=O)cc1. The lowest BCUT2D eigenvalue weighted by Crippen LogP contribution is -2.29. The van der Waals surface area contributed by atoms with Crippen LogP contribution < -0.4 is 10.2 Å². The molecule has 1 aliphatic rings. The standard InChI is InChI=1S/C18H16N2O3/c1-11(2)16(21)19-12-7-9-13(10-8-12)20-17(22)14-5-3-4-6-15(14)18(20)23/h3-11H,1-2H3,(H,19,21). The molecule has 0 saturated carbocycles. The number of anilines is 2. The van der Waals surface area contributed by atoms with E-state index in [9.17, 15) is 14.4 Å². The highest BCUT2D eigenvalue weighted by molar-refractivity contribution is 6.34. The molecule has 1 aliphatic heterocycles. The van der Waals surface area contributed by atoms with Crippen molar-refractivity contribution in [2.75, 3.05) is 10.2 Å². The van der Waals surface area contributed by atoms with Gasteiger partial charge in [0.25, 0.3) is 11.8 Å². The van der Waals surface area contributed by atoms with E-state index in [2.05, 4.69) is 5.32 Å². The molecule has 0 atom stereocenters. The quantitative estimate of drug-likeness (QED) is 0.886. The van der Waals surface area contributed by atoms with Gasteiger partial charge in [0.05, 0.1) is 16.8 Å². The Hall–Kier alpha value is -2.95. The predicted octanol–water partition coefficient (Wildman–Crippen LogP) is 3.08. The molecular weight excluding hydrogens is 292 g/mol. The molecule has 1 N–H and O–H groups in total. The fourth-order valence-electron chi connectivity index (χ4n) is 2.40. The third kappa shape index (κ3) is 2.61. The minimum Gasteiger partial charge on any atom is -0.326 e. The smallest absolute Gasteiger partial charge is 0.266 e. The van der Waals surface area contributed by atoms with Crippen LogP contribution in [0.25, 0.3) is 0 Å². The van der Waals surface area contributed by atoms with Crippen molar-refractivity contribution in [3.63, 3.8) is 0 Å². The Morgan fingerprint density at radius 3 is 1.91 bits per heavy atom. The molecule has 116 valence electrons. The van der Waals surface area contributed by atoms with Gasteiger partial charge in [-0.15, -0.1) is 0 Å². The van der Waals surface area contributed by atoms with Crippen LogP contribution in [-0.4, -0.2) is 17.7 Å². The first-order chi connectivity index (χ1) is 11.0. The topological polar surface area (TPSA) is 66.5 Å². The number of carbonyl (C=O) groups is 3. The first-order valence-corrected chi connectivity index (χ1v) is 7.38. The molecule has 0 unspecified atom stereocenters. The summed E-state index contributed by atoms with van der Waals surface area (Å²) >= 11 is 0. The molecule has 5 nitrogen and oxygen atoms in total. The van der Waals surface area contributed by atoms with Gasteiger partial charge in [-0.3, -0.25) is 14.4 Å². The molecule has 1 heterocycles. The van der Waals surface area contributed by atoms with Gasteiger partial charge in [-0.25, -0.2) is 4.90 Å². The van der Waals surface area contributed by atoms with Gasteiger partial charge >= 0.3 is 0 Å². The van der Waals surface area contributed by atoms with Gasteiger partial charge < -0.3 is 5.32 Å². The zero-order valence-corrected chi connectivity index (χ0v) is 12.9. The maximum absolute atomic E-state index is 12.4. The van der Waals surface area contributed by atoms with E-state index < -0.39 is 0 Å². The average Bonchev–Trinajstić information content (AvgIpc) is 2.80. The number of imide groups is 1. The zero-order chi connectivity index (χ0) is 16.6. The van der Waals surface area contributed by atoms with Crippen molar-refractivity contribution < 1.29 is 14.4 Å². The Balaban J connectivity index is 1.85. The predicted molar refractivity (Wildman–Crippen MR) is 87.5 cm³/mol. The summed E-state index contributed by atoms with van der Waals surface area (Å²) in [6, 6.07) is 13.4. The van der Waals surface area contributed by atoms with Gasteiger partial charge in [-0.05, 0) is 36.4 Å². The molecule has 2 aromatic carbocycles.